The smallest absolute Gasteiger partial charge is 0.132 e. The van der Waals surface area contributed by atoms with Crippen molar-refractivity contribution in [3.63, 3.8) is 0 Å². The largest absolute Gasteiger partial charge is 0.497 e. The molecule has 0 aliphatic rings. The molecule has 0 fully saturated rings. The first-order valence-electron chi connectivity index (χ1n) is 6.20. The second-order valence-electron chi connectivity index (χ2n) is 4.34. The minimum atomic E-state index is -0.295. The molecule has 0 spiro atoms. The van der Waals surface area contributed by atoms with E-state index >= 15 is 0 Å². The SMILES string of the molecule is CCNC(c1cn(C)cn1)c1ccc(OC)cc1F. The van der Waals surface area contributed by atoms with Crippen molar-refractivity contribution in [2.75, 3.05) is 13.7 Å². The molecule has 1 aromatic carbocycles. The van der Waals surface area contributed by atoms with Gasteiger partial charge in [-0.15, -0.1) is 0 Å². The van der Waals surface area contributed by atoms with E-state index in [1.807, 2.05) is 24.7 Å². The van der Waals surface area contributed by atoms with Crippen molar-refractivity contribution in [1.29, 1.82) is 0 Å². The molecular weight excluding hydrogens is 245 g/mol. The number of methoxy groups -OCH3 is 1. The van der Waals surface area contributed by atoms with Gasteiger partial charge >= 0.3 is 0 Å². The number of benzene rings is 1. The lowest BCUT2D eigenvalue weighted by atomic mass is 10.0. The number of hydrogen-bond acceptors (Lipinski definition) is 3. The lowest BCUT2D eigenvalue weighted by Gasteiger charge is -2.17. The van der Waals surface area contributed by atoms with Crippen LogP contribution in [0.3, 0.4) is 0 Å². The van der Waals surface area contributed by atoms with Crippen LogP contribution < -0.4 is 10.1 Å². The highest BCUT2D eigenvalue weighted by atomic mass is 19.1. The van der Waals surface area contributed by atoms with Gasteiger partial charge in [0.15, 0.2) is 0 Å². The summed E-state index contributed by atoms with van der Waals surface area (Å²) in [4.78, 5) is 4.30. The molecule has 102 valence electrons. The molecule has 0 aliphatic carbocycles. The number of ether oxygens (including phenoxy) is 1. The van der Waals surface area contributed by atoms with E-state index in [-0.39, 0.29) is 11.9 Å². The molecule has 1 N–H and O–H groups in total. The fourth-order valence-corrected chi connectivity index (χ4v) is 2.03. The highest BCUT2D eigenvalue weighted by Gasteiger charge is 2.19. The Morgan fingerprint density at radius 2 is 2.26 bits per heavy atom. The van der Waals surface area contributed by atoms with Crippen LogP contribution in [0.4, 0.5) is 4.39 Å². The van der Waals surface area contributed by atoms with Crippen LogP contribution in [0.5, 0.6) is 5.75 Å². The Morgan fingerprint density at radius 3 is 2.79 bits per heavy atom. The molecule has 5 heteroatoms. The summed E-state index contributed by atoms with van der Waals surface area (Å²) in [6.45, 7) is 2.71. The summed E-state index contributed by atoms with van der Waals surface area (Å²) >= 11 is 0. The summed E-state index contributed by atoms with van der Waals surface area (Å²) in [5.74, 6) is 0.216. The quantitative estimate of drug-likeness (QED) is 0.899. The van der Waals surface area contributed by atoms with Gasteiger partial charge in [-0.05, 0) is 12.6 Å². The van der Waals surface area contributed by atoms with Gasteiger partial charge in [0.2, 0.25) is 0 Å². The number of nitrogens with zero attached hydrogens (tertiary/aromatic N) is 2. The minimum absolute atomic E-state index is 0.253. The summed E-state index contributed by atoms with van der Waals surface area (Å²) in [7, 11) is 3.42. The molecule has 1 unspecified atom stereocenters. The van der Waals surface area contributed by atoms with E-state index in [0.717, 1.165) is 12.2 Å². The van der Waals surface area contributed by atoms with E-state index in [9.17, 15) is 4.39 Å². The van der Waals surface area contributed by atoms with E-state index in [0.29, 0.717) is 11.3 Å². The molecule has 1 heterocycles. The third kappa shape index (κ3) is 2.93. The molecule has 0 radical (unpaired) electrons. The van der Waals surface area contributed by atoms with Gasteiger partial charge in [0.05, 0.1) is 25.2 Å². The third-order valence-electron chi connectivity index (χ3n) is 2.95. The highest BCUT2D eigenvalue weighted by molar-refractivity contribution is 5.34. The average Bonchev–Trinajstić information content (AvgIpc) is 2.83. The summed E-state index contributed by atoms with van der Waals surface area (Å²) in [5, 5.41) is 3.25. The zero-order chi connectivity index (χ0) is 13.8. The molecule has 19 heavy (non-hydrogen) atoms. The molecule has 0 saturated heterocycles. The van der Waals surface area contributed by atoms with Gasteiger partial charge in [-0.1, -0.05) is 13.0 Å². The summed E-state index contributed by atoms with van der Waals surface area (Å²) < 4.78 is 21.0. The first kappa shape index (κ1) is 13.5. The number of halogens is 1. The van der Waals surface area contributed by atoms with Crippen LogP contribution in [-0.4, -0.2) is 23.2 Å². The van der Waals surface area contributed by atoms with Crippen LogP contribution >= 0.6 is 0 Å². The van der Waals surface area contributed by atoms with Crippen molar-refractivity contribution < 1.29 is 9.13 Å². The molecule has 0 amide bonds. The van der Waals surface area contributed by atoms with Crippen molar-refractivity contribution >= 4 is 0 Å². The van der Waals surface area contributed by atoms with E-state index in [2.05, 4.69) is 10.3 Å². The maximum absolute atomic E-state index is 14.1. The van der Waals surface area contributed by atoms with Gasteiger partial charge in [0, 0.05) is 24.9 Å². The molecule has 0 aliphatic heterocycles. The zero-order valence-electron chi connectivity index (χ0n) is 11.4. The first-order valence-corrected chi connectivity index (χ1v) is 6.20. The number of rotatable bonds is 5. The van der Waals surface area contributed by atoms with Crippen molar-refractivity contribution in [3.05, 3.63) is 47.8 Å². The lowest BCUT2D eigenvalue weighted by molar-refractivity contribution is 0.410. The van der Waals surface area contributed by atoms with E-state index in [1.165, 1.54) is 13.2 Å². The van der Waals surface area contributed by atoms with Gasteiger partial charge in [0.25, 0.3) is 0 Å². The monoisotopic (exact) mass is 263 g/mol. The molecule has 0 saturated carbocycles. The molecule has 1 atom stereocenters. The molecule has 0 bridgehead atoms. The van der Waals surface area contributed by atoms with E-state index in [4.69, 9.17) is 4.74 Å². The fourth-order valence-electron chi connectivity index (χ4n) is 2.03. The van der Waals surface area contributed by atoms with E-state index < -0.39 is 0 Å². The molecule has 2 aromatic rings. The van der Waals surface area contributed by atoms with Crippen molar-refractivity contribution in [2.24, 2.45) is 7.05 Å². The molecular formula is C14H18FN3O. The van der Waals surface area contributed by atoms with Crippen LogP contribution in [-0.2, 0) is 7.05 Å². The Bertz CT molecular complexity index is 553. The Labute approximate surface area is 112 Å². The van der Waals surface area contributed by atoms with Crippen LogP contribution in [0.2, 0.25) is 0 Å². The Balaban J connectivity index is 2.39. The lowest BCUT2D eigenvalue weighted by Crippen LogP contribution is -2.23. The number of aromatic nitrogens is 2. The number of hydrogen-bond donors (Lipinski definition) is 1. The Morgan fingerprint density at radius 1 is 1.47 bits per heavy atom. The van der Waals surface area contributed by atoms with Crippen LogP contribution in [0.25, 0.3) is 0 Å². The second-order valence-corrected chi connectivity index (χ2v) is 4.34. The first-order chi connectivity index (χ1) is 9.15. The van der Waals surface area contributed by atoms with Crippen molar-refractivity contribution in [2.45, 2.75) is 13.0 Å². The minimum Gasteiger partial charge on any atom is -0.497 e. The van der Waals surface area contributed by atoms with Crippen LogP contribution in [0.15, 0.2) is 30.7 Å². The maximum atomic E-state index is 14.1. The van der Waals surface area contributed by atoms with Gasteiger partial charge in [0.1, 0.15) is 11.6 Å². The van der Waals surface area contributed by atoms with Gasteiger partial charge < -0.3 is 14.6 Å². The van der Waals surface area contributed by atoms with Crippen molar-refractivity contribution in [3.8, 4) is 5.75 Å². The average molecular weight is 263 g/mol. The summed E-state index contributed by atoms with van der Waals surface area (Å²) in [6.07, 6.45) is 3.60. The zero-order valence-corrected chi connectivity index (χ0v) is 11.4. The van der Waals surface area contributed by atoms with Crippen LogP contribution in [0.1, 0.15) is 24.2 Å². The summed E-state index contributed by atoms with van der Waals surface area (Å²) in [6, 6.07) is 4.63. The molecule has 1 aromatic heterocycles. The maximum Gasteiger partial charge on any atom is 0.132 e. The normalized spacial score (nSPS) is 12.4. The van der Waals surface area contributed by atoms with E-state index in [1.54, 1.807) is 18.5 Å². The van der Waals surface area contributed by atoms with Crippen molar-refractivity contribution in [1.82, 2.24) is 14.9 Å². The highest BCUT2D eigenvalue weighted by Crippen LogP contribution is 2.26. The number of aryl methyl sites for hydroxylation is 1. The Kier molecular flexibility index (Phi) is 4.16. The summed E-state index contributed by atoms with van der Waals surface area (Å²) in [5.41, 5.74) is 1.37. The fraction of sp³-hybridized carbons (Fsp3) is 0.357. The standard InChI is InChI=1S/C14H18FN3O/c1-4-16-14(13-8-18(2)9-17-13)11-6-5-10(19-3)7-12(11)15/h5-9,14,16H,4H2,1-3H3. The molecule has 4 nitrogen and oxygen atoms in total. The van der Waals surface area contributed by atoms with Gasteiger partial charge in [-0.2, -0.15) is 0 Å². The second kappa shape index (κ2) is 5.84. The third-order valence-corrected chi connectivity index (χ3v) is 2.95. The van der Waals surface area contributed by atoms with Gasteiger partial charge in [-0.25, -0.2) is 9.37 Å². The predicted octanol–water partition coefficient (Wildman–Crippen LogP) is 2.27. The van der Waals surface area contributed by atoms with Gasteiger partial charge in [-0.3, -0.25) is 0 Å². The van der Waals surface area contributed by atoms with Crippen LogP contribution in [0, 0.1) is 5.82 Å². The predicted molar refractivity (Wildman–Crippen MR) is 71.7 cm³/mol. The number of imidazole rings is 1. The Hall–Kier alpha value is -1.88. The molecule has 2 rings (SSSR count). The topological polar surface area (TPSA) is 39.1 Å². The number of nitrogens with one attached hydrogen (secondary N) is 1.